The molecule has 11 rings (SSSR count). The van der Waals surface area contributed by atoms with Crippen molar-refractivity contribution in [2.45, 2.75) is 12.8 Å². The Morgan fingerprint density at radius 1 is 0.533 bits per heavy atom. The van der Waals surface area contributed by atoms with Crippen molar-refractivity contribution in [3.63, 3.8) is 0 Å². The lowest BCUT2D eigenvalue weighted by molar-refractivity contribution is 0.892. The van der Waals surface area contributed by atoms with Crippen molar-refractivity contribution in [1.82, 2.24) is 19.5 Å². The number of hydrogen-bond donors (Lipinski definition) is 0. The summed E-state index contributed by atoms with van der Waals surface area (Å²) in [5, 5.41) is 3.48. The topological polar surface area (TPSA) is 43.6 Å². The zero-order valence-corrected chi connectivity index (χ0v) is 33.1. The molecule has 0 atom stereocenters. The van der Waals surface area contributed by atoms with Gasteiger partial charge in [-0.1, -0.05) is 138 Å². The van der Waals surface area contributed by atoms with Crippen LogP contribution in [0.15, 0.2) is 140 Å². The largest absolute Gasteiger partial charge is 0.313 e. The van der Waals surface area contributed by atoms with Gasteiger partial charge >= 0.3 is 0 Å². The molecule has 0 saturated heterocycles. The highest BCUT2D eigenvalue weighted by Gasteiger charge is 2.25. The fraction of sp³-hybridized carbons (Fsp3) is 0.0392. The van der Waals surface area contributed by atoms with E-state index in [1.165, 1.54) is 10.1 Å². The molecule has 1 aliphatic rings. The molecule has 7 aromatic carbocycles. The van der Waals surface area contributed by atoms with Gasteiger partial charge in [-0.25, -0.2) is 15.0 Å². The summed E-state index contributed by atoms with van der Waals surface area (Å²) in [5.74, 6) is 1.57. The number of thiophene rings is 1. The smallest absolute Gasteiger partial charge is 0.172 e. The standard InChI is InChI=1S/C51H28B4N4S/c52-43-42(47(46(55)45(54)44(43)53)59-39-22-9-6-16-33(39)34-17-7-10-23-40(34)59)30-25-27-31(28-26-30)49-56-50(37-19-5-4-15-32(37)29-13-2-1-3-14-29)58-51(57-49)38-21-12-20-36-35-18-8-11-24-41(35)60-48(36)38/h1-9,11-22,24-25,27H,10,23H2. The molecule has 10 aromatic rings. The zero-order valence-electron chi connectivity index (χ0n) is 32.3. The van der Waals surface area contributed by atoms with E-state index in [1.807, 2.05) is 54.6 Å². The average molecular weight is 772 g/mol. The molecule has 4 nitrogen and oxygen atoms in total. The van der Waals surface area contributed by atoms with Crippen LogP contribution in [0, 0.1) is 12.1 Å². The van der Waals surface area contributed by atoms with Gasteiger partial charge in [0.25, 0.3) is 0 Å². The maximum Gasteiger partial charge on any atom is 0.172 e. The first-order valence-corrected chi connectivity index (χ1v) is 20.6. The second kappa shape index (κ2) is 14.4. The van der Waals surface area contributed by atoms with Crippen molar-refractivity contribution in [2.75, 3.05) is 0 Å². The van der Waals surface area contributed by atoms with Crippen LogP contribution in [0.4, 0.5) is 0 Å². The second-order valence-electron chi connectivity index (χ2n) is 14.9. The van der Waals surface area contributed by atoms with Gasteiger partial charge in [0.2, 0.25) is 0 Å². The highest BCUT2D eigenvalue weighted by molar-refractivity contribution is 7.26. The molecule has 0 spiro atoms. The SMILES string of the molecule is [B]c1c([B])c([B])c(-n2c3c(c4ccccc42)C=CCC3)c(-c2c#cc(-c3nc(-c4ccccc4-c4ccccc4)nc(-c4cccc5c4sc4ccccc45)n3)cc2)c1[B]. The number of hydrogen-bond acceptors (Lipinski definition) is 4. The van der Waals surface area contributed by atoms with E-state index in [-0.39, 0.29) is 10.9 Å². The number of para-hydroxylation sites is 1. The summed E-state index contributed by atoms with van der Waals surface area (Å²) < 4.78 is 4.51. The van der Waals surface area contributed by atoms with Gasteiger partial charge in [-0.15, -0.1) is 22.3 Å². The quantitative estimate of drug-likeness (QED) is 0.160. The molecular weight excluding hydrogens is 744 g/mol. The van der Waals surface area contributed by atoms with Crippen LogP contribution in [0.2, 0.25) is 0 Å². The van der Waals surface area contributed by atoms with Crippen LogP contribution in [0.5, 0.6) is 0 Å². The molecule has 0 aliphatic heterocycles. The molecule has 270 valence electrons. The predicted octanol–water partition coefficient (Wildman–Crippen LogP) is 8.25. The molecule has 0 unspecified atom stereocenters. The van der Waals surface area contributed by atoms with Gasteiger partial charge in [0.1, 0.15) is 31.4 Å². The molecule has 8 radical (unpaired) electrons. The molecule has 1 aliphatic carbocycles. The lowest BCUT2D eigenvalue weighted by atomic mass is 9.63. The van der Waals surface area contributed by atoms with Crippen molar-refractivity contribution in [1.29, 1.82) is 0 Å². The molecular formula is C51H28B4N4S. The minimum atomic E-state index is 0.230. The molecule has 0 fully saturated rings. The first kappa shape index (κ1) is 36.2. The summed E-state index contributed by atoms with van der Waals surface area (Å²) in [6.07, 6.45) is 6.11. The first-order chi connectivity index (χ1) is 29.4. The van der Waals surface area contributed by atoms with E-state index in [2.05, 4.69) is 108 Å². The van der Waals surface area contributed by atoms with Crippen LogP contribution in [0.1, 0.15) is 17.7 Å². The van der Waals surface area contributed by atoms with Crippen LogP contribution in [-0.2, 0) is 6.42 Å². The number of aromatic nitrogens is 4. The molecule has 0 bridgehead atoms. The van der Waals surface area contributed by atoms with Crippen LogP contribution in [0.25, 0.3) is 99.3 Å². The number of rotatable bonds is 6. The summed E-state index contributed by atoms with van der Waals surface area (Å²) in [6, 6.07) is 52.3. The predicted molar refractivity (Wildman–Crippen MR) is 253 cm³/mol. The second-order valence-corrected chi connectivity index (χ2v) is 16.0. The number of nitrogens with zero attached hydrogens (tertiary/aromatic N) is 4. The molecule has 0 amide bonds. The molecule has 3 heterocycles. The Morgan fingerprint density at radius 3 is 1.98 bits per heavy atom. The summed E-state index contributed by atoms with van der Waals surface area (Å²) in [7, 11) is 27.0. The summed E-state index contributed by atoms with van der Waals surface area (Å²) in [4.78, 5) is 15.5. The third kappa shape index (κ3) is 5.78. The first-order valence-electron chi connectivity index (χ1n) is 19.8. The minimum absolute atomic E-state index is 0.230. The van der Waals surface area contributed by atoms with Crippen LogP contribution >= 0.6 is 11.3 Å². The Kier molecular flexibility index (Phi) is 8.72. The van der Waals surface area contributed by atoms with Gasteiger partial charge in [0.05, 0.1) is 11.1 Å². The molecule has 60 heavy (non-hydrogen) atoms. The maximum atomic E-state index is 6.94. The van der Waals surface area contributed by atoms with E-state index in [1.54, 1.807) is 11.3 Å². The summed E-state index contributed by atoms with van der Waals surface area (Å²) in [5.41, 5.74) is 10.9. The van der Waals surface area contributed by atoms with Gasteiger partial charge in [-0.3, -0.25) is 0 Å². The zero-order chi connectivity index (χ0) is 40.5. The van der Waals surface area contributed by atoms with Crippen molar-refractivity contribution in [3.05, 3.63) is 163 Å². The Labute approximate surface area is 357 Å². The van der Waals surface area contributed by atoms with E-state index in [0.717, 1.165) is 67.3 Å². The number of fused-ring (bicyclic) bond motifs is 6. The molecule has 9 heteroatoms. The fourth-order valence-corrected chi connectivity index (χ4v) is 9.83. The normalized spacial score (nSPS) is 12.3. The van der Waals surface area contributed by atoms with Crippen LogP contribution in [-0.4, -0.2) is 50.9 Å². The van der Waals surface area contributed by atoms with E-state index >= 15 is 0 Å². The third-order valence-electron chi connectivity index (χ3n) is 11.5. The fourth-order valence-electron chi connectivity index (χ4n) is 8.62. The lowest BCUT2D eigenvalue weighted by Gasteiger charge is -2.25. The molecule has 3 aromatic heterocycles. The Morgan fingerprint density at radius 2 is 1.17 bits per heavy atom. The van der Waals surface area contributed by atoms with Gasteiger partial charge in [0.15, 0.2) is 17.5 Å². The number of allylic oxidation sites excluding steroid dienone is 1. The minimum Gasteiger partial charge on any atom is -0.313 e. The van der Waals surface area contributed by atoms with Crippen LogP contribution in [0.3, 0.4) is 0 Å². The third-order valence-corrected chi connectivity index (χ3v) is 12.7. The Bertz CT molecular complexity index is 3370. The highest BCUT2D eigenvalue weighted by atomic mass is 32.1. The molecule has 0 saturated carbocycles. The van der Waals surface area contributed by atoms with Gasteiger partial charge in [-0.05, 0) is 54.3 Å². The van der Waals surface area contributed by atoms with E-state index in [4.69, 9.17) is 46.3 Å². The van der Waals surface area contributed by atoms with Crippen molar-refractivity contribution in [2.24, 2.45) is 0 Å². The van der Waals surface area contributed by atoms with E-state index in [9.17, 15) is 0 Å². The number of benzene rings is 6. The lowest BCUT2D eigenvalue weighted by Crippen LogP contribution is -2.50. The monoisotopic (exact) mass is 772 g/mol. The van der Waals surface area contributed by atoms with Gasteiger partial charge in [-0.2, -0.15) is 0 Å². The highest BCUT2D eigenvalue weighted by Crippen LogP contribution is 2.41. The van der Waals surface area contributed by atoms with Crippen molar-refractivity contribution >= 4 is 102 Å². The average Bonchev–Trinajstić information content (AvgIpc) is 3.86. The summed E-state index contributed by atoms with van der Waals surface area (Å²) >= 11 is 1.74. The Hall–Kier alpha value is -6.87. The van der Waals surface area contributed by atoms with Gasteiger partial charge in [0, 0.05) is 64.8 Å². The Balaban J connectivity index is 1.11. The van der Waals surface area contributed by atoms with Crippen molar-refractivity contribution in [3.8, 4) is 62.1 Å². The van der Waals surface area contributed by atoms with E-state index in [0.29, 0.717) is 50.8 Å². The molecule has 0 N–H and O–H groups in total. The maximum absolute atomic E-state index is 6.94. The van der Waals surface area contributed by atoms with E-state index < -0.39 is 0 Å². The van der Waals surface area contributed by atoms with Gasteiger partial charge < -0.3 is 4.57 Å². The van der Waals surface area contributed by atoms with Crippen molar-refractivity contribution < 1.29 is 0 Å². The van der Waals surface area contributed by atoms with Crippen LogP contribution < -0.4 is 21.9 Å². The summed E-state index contributed by atoms with van der Waals surface area (Å²) in [6.45, 7) is 0.